The lowest BCUT2D eigenvalue weighted by molar-refractivity contribution is -0.144. The minimum absolute atomic E-state index is 0.00539. The van der Waals surface area contributed by atoms with Gasteiger partial charge in [0.2, 0.25) is 11.8 Å². The molecule has 2 N–H and O–H groups in total. The Morgan fingerprint density at radius 2 is 1.11 bits per heavy atom. The molecule has 4 heterocycles. The highest BCUT2D eigenvalue weighted by atomic mass is 32.2. The average Bonchev–Trinajstić information content (AvgIpc) is 4.08. The Balaban J connectivity index is 0.000000245. The molecule has 0 aliphatic carbocycles. The van der Waals surface area contributed by atoms with Crippen LogP contribution in [0.15, 0.2) is 59.6 Å². The summed E-state index contributed by atoms with van der Waals surface area (Å²) in [5.74, 6) is -0.978. The number of amides is 2. The van der Waals surface area contributed by atoms with Crippen LogP contribution in [-0.4, -0.2) is 108 Å². The lowest BCUT2D eigenvalue weighted by Crippen LogP contribution is -2.49. The van der Waals surface area contributed by atoms with Gasteiger partial charge in [-0.05, 0) is 87.8 Å². The molecule has 11 nitrogen and oxygen atoms in total. The van der Waals surface area contributed by atoms with E-state index in [0.29, 0.717) is 32.1 Å². The van der Waals surface area contributed by atoms with Crippen molar-refractivity contribution in [2.45, 2.75) is 143 Å². The van der Waals surface area contributed by atoms with Crippen molar-refractivity contribution in [1.82, 2.24) is 19.8 Å². The Hall–Kier alpha value is -4.08. The van der Waals surface area contributed by atoms with Crippen molar-refractivity contribution < 1.29 is 34.2 Å². The van der Waals surface area contributed by atoms with Crippen molar-refractivity contribution in [3.05, 3.63) is 82.1 Å². The number of aliphatic hydroxyl groups excluding tert-OH is 2. The van der Waals surface area contributed by atoms with Crippen LogP contribution in [0.5, 0.6) is 0 Å². The highest BCUT2D eigenvalue weighted by Crippen LogP contribution is 2.37. The molecule has 65 heavy (non-hydrogen) atoms. The Bertz CT molecular complexity index is 2260. The quantitative estimate of drug-likeness (QED) is 0.105. The smallest absolute Gasteiger partial charge is 0.228 e. The van der Waals surface area contributed by atoms with Crippen molar-refractivity contribution in [2.75, 3.05) is 19.3 Å². The molecular formula is C51H68N4O7S3. The van der Waals surface area contributed by atoms with Crippen molar-refractivity contribution in [1.29, 1.82) is 0 Å². The number of aromatic nitrogens is 2. The molecule has 2 amide bonds. The minimum Gasteiger partial charge on any atom is -0.391 e. The van der Waals surface area contributed by atoms with Gasteiger partial charge >= 0.3 is 0 Å². The molecule has 0 radical (unpaired) electrons. The maximum absolute atomic E-state index is 13.5. The first-order chi connectivity index (χ1) is 30.6. The Labute approximate surface area is 397 Å². The number of thiazole rings is 2. The number of nitrogens with zero attached hydrogens (tertiary/aromatic N) is 4. The zero-order valence-electron chi connectivity index (χ0n) is 39.8. The summed E-state index contributed by atoms with van der Waals surface area (Å²) < 4.78 is -0.456. The second kappa shape index (κ2) is 22.6. The number of ketones is 3. The van der Waals surface area contributed by atoms with E-state index in [9.17, 15) is 34.2 Å². The van der Waals surface area contributed by atoms with Crippen LogP contribution < -0.4 is 0 Å². The van der Waals surface area contributed by atoms with Gasteiger partial charge in [0.25, 0.3) is 0 Å². The number of likely N-dealkylation sites (tertiary alicyclic amines) is 2. The normalized spacial score (nSPS) is 19.7. The van der Waals surface area contributed by atoms with Crippen LogP contribution in [-0.2, 0) is 36.8 Å². The fourth-order valence-electron chi connectivity index (χ4n) is 9.01. The molecule has 6 rings (SSSR count). The molecule has 0 saturated carbocycles. The Morgan fingerprint density at radius 1 is 0.708 bits per heavy atom. The third-order valence-electron chi connectivity index (χ3n) is 13.0. The van der Waals surface area contributed by atoms with Crippen molar-refractivity contribution in [3.8, 4) is 20.9 Å². The number of carbonyl (C=O) groups is 5. The van der Waals surface area contributed by atoms with Crippen LogP contribution in [0.1, 0.15) is 110 Å². The van der Waals surface area contributed by atoms with Gasteiger partial charge in [0.05, 0.1) is 62.4 Å². The standard InChI is InChI=1S/C26H34N2O4S2.C25H34N2O3S/c1-16(29)12-21(26(3,4)33-5)25(32)28-14-20(30)13-22(28)23(31)11-8-18-6-9-19(10-7-18)24-17(2)27-15-34-24;1-6-20(25(3,4)5)24(30)27-14-19(28)13-21(27)22(29)12-9-17-7-10-18(11-8-17)23-16(2)26-15-31-23/h6-7,9-10,15,20-22,30H,8,11-14H2,1-5H3;7-8,10-11,15,19-21,28H,6,9,12-14H2,1-5H3/t20-,21-,22+;19-,20-,21+/m11/s1. The molecule has 2 aromatic heterocycles. The van der Waals surface area contributed by atoms with Gasteiger partial charge in [0.1, 0.15) is 5.78 Å². The summed E-state index contributed by atoms with van der Waals surface area (Å²) >= 11 is 4.77. The Morgan fingerprint density at radius 3 is 1.43 bits per heavy atom. The van der Waals surface area contributed by atoms with Gasteiger partial charge in [0, 0.05) is 55.9 Å². The predicted octanol–water partition coefficient (Wildman–Crippen LogP) is 8.97. The summed E-state index contributed by atoms with van der Waals surface area (Å²) in [5.41, 5.74) is 9.93. The topological polar surface area (TPSA) is 158 Å². The van der Waals surface area contributed by atoms with Crippen LogP contribution in [0.25, 0.3) is 20.9 Å². The average molecular weight is 945 g/mol. The SMILES string of the molecule is CC[C@H](C(=O)N1C[C@H](O)C[C@H]1C(=O)CCc1ccc(-c2scnc2C)cc1)C(C)(C)C.CSC(C)(C)[C@H](CC(C)=O)C(=O)N1C[C@H](O)C[C@H]1C(=O)CCc1ccc(-c2scnc2C)cc1. The number of hydrogen-bond donors (Lipinski definition) is 2. The van der Waals surface area contributed by atoms with Crippen LogP contribution in [0.4, 0.5) is 0 Å². The van der Waals surface area contributed by atoms with E-state index >= 15 is 0 Å². The third kappa shape index (κ3) is 13.3. The molecule has 2 aliphatic heterocycles. The fourth-order valence-corrected chi connectivity index (χ4v) is 11.1. The number of benzene rings is 2. The van der Waals surface area contributed by atoms with Crippen molar-refractivity contribution in [3.63, 3.8) is 0 Å². The molecule has 0 spiro atoms. The zero-order valence-corrected chi connectivity index (χ0v) is 42.2. The summed E-state index contributed by atoms with van der Waals surface area (Å²) in [6.45, 7) is 17.9. The van der Waals surface area contributed by atoms with Gasteiger partial charge in [-0.15, -0.1) is 22.7 Å². The van der Waals surface area contributed by atoms with Crippen LogP contribution in [0, 0.1) is 31.1 Å². The molecule has 4 aromatic rings. The van der Waals surface area contributed by atoms with Gasteiger partial charge < -0.3 is 24.8 Å². The number of carbonyl (C=O) groups excluding carboxylic acids is 5. The number of aryl methyl sites for hydroxylation is 4. The summed E-state index contributed by atoms with van der Waals surface area (Å²) in [4.78, 5) is 78.8. The van der Waals surface area contributed by atoms with E-state index in [1.165, 1.54) is 28.5 Å². The summed E-state index contributed by atoms with van der Waals surface area (Å²) in [6, 6.07) is 15.2. The van der Waals surface area contributed by atoms with Gasteiger partial charge in [-0.2, -0.15) is 11.8 Å². The van der Waals surface area contributed by atoms with E-state index in [1.54, 1.807) is 27.6 Å². The molecular weight excluding hydrogens is 877 g/mol. The summed E-state index contributed by atoms with van der Waals surface area (Å²) in [5, 5.41) is 20.5. The minimum atomic E-state index is -0.727. The molecule has 6 atom stereocenters. The molecule has 2 aromatic carbocycles. The second-order valence-electron chi connectivity index (χ2n) is 19.2. The number of Topliss-reactive ketones (excluding diaryl/α,β-unsaturated/α-hetero) is 3. The molecule has 14 heteroatoms. The van der Waals surface area contributed by atoms with Crippen LogP contribution in [0.2, 0.25) is 0 Å². The first-order valence-electron chi connectivity index (χ1n) is 22.7. The van der Waals surface area contributed by atoms with E-state index in [0.717, 1.165) is 44.9 Å². The van der Waals surface area contributed by atoms with Gasteiger partial charge in [-0.3, -0.25) is 19.2 Å². The largest absolute Gasteiger partial charge is 0.391 e. The first-order valence-corrected chi connectivity index (χ1v) is 25.7. The first kappa shape index (κ1) is 51.9. The Kier molecular flexibility index (Phi) is 18.1. The number of β-amino-alcohol motifs (C(OH)–C–C–N with tert-alkyl or cyclic N) is 2. The fraction of sp³-hybridized carbons (Fsp3) is 0.549. The predicted molar refractivity (Wildman–Crippen MR) is 263 cm³/mol. The number of thioether (sulfide) groups is 1. The van der Waals surface area contributed by atoms with Crippen LogP contribution in [0.3, 0.4) is 0 Å². The van der Waals surface area contributed by atoms with Gasteiger partial charge in [-0.25, -0.2) is 9.97 Å². The summed E-state index contributed by atoms with van der Waals surface area (Å²) in [7, 11) is 0. The molecule has 2 saturated heterocycles. The number of hydrogen-bond acceptors (Lipinski definition) is 12. The molecule has 2 fully saturated rings. The number of rotatable bonds is 17. The number of aliphatic hydroxyl groups is 2. The van der Waals surface area contributed by atoms with E-state index in [2.05, 4.69) is 55.0 Å². The van der Waals surface area contributed by atoms with Gasteiger partial charge in [-0.1, -0.05) is 76.2 Å². The van der Waals surface area contributed by atoms with E-state index in [4.69, 9.17) is 0 Å². The highest BCUT2D eigenvalue weighted by molar-refractivity contribution is 8.00. The lowest BCUT2D eigenvalue weighted by Gasteiger charge is -2.35. The second-order valence-corrected chi connectivity index (χ2v) is 22.4. The van der Waals surface area contributed by atoms with Crippen LogP contribution >= 0.6 is 34.4 Å². The van der Waals surface area contributed by atoms with E-state index in [1.807, 2.05) is 76.2 Å². The highest BCUT2D eigenvalue weighted by Gasteiger charge is 2.45. The van der Waals surface area contributed by atoms with E-state index < -0.39 is 35.0 Å². The molecule has 2 aliphatic rings. The monoisotopic (exact) mass is 944 g/mol. The summed E-state index contributed by atoms with van der Waals surface area (Å²) in [6.07, 6.45) is 3.88. The van der Waals surface area contributed by atoms with Crippen molar-refractivity contribution >= 4 is 63.6 Å². The molecule has 0 unspecified atom stereocenters. The lowest BCUT2D eigenvalue weighted by atomic mass is 9.78. The molecule has 0 bridgehead atoms. The molecule has 352 valence electrons. The zero-order chi connectivity index (χ0) is 47.8. The maximum atomic E-state index is 13.5. The van der Waals surface area contributed by atoms with E-state index in [-0.39, 0.29) is 66.4 Å². The van der Waals surface area contributed by atoms with Crippen molar-refractivity contribution in [2.24, 2.45) is 17.3 Å². The maximum Gasteiger partial charge on any atom is 0.228 e. The third-order valence-corrected chi connectivity index (χ3v) is 16.3. The van der Waals surface area contributed by atoms with Gasteiger partial charge in [0.15, 0.2) is 11.6 Å².